The minimum absolute atomic E-state index is 0.0238. The third-order valence-corrected chi connectivity index (χ3v) is 6.65. The Morgan fingerprint density at radius 3 is 2.92 bits per heavy atom. The quantitative estimate of drug-likeness (QED) is 0.324. The summed E-state index contributed by atoms with van der Waals surface area (Å²) >= 11 is 1.11. The molecule has 5 rings (SSSR count). The number of hydrogen-bond donors (Lipinski definition) is 1. The van der Waals surface area contributed by atoms with Crippen LogP contribution < -0.4 is 10.3 Å². The highest BCUT2D eigenvalue weighted by Crippen LogP contribution is 2.30. The number of halogens is 2. The predicted octanol–water partition coefficient (Wildman–Crippen LogP) is 1.99. The van der Waals surface area contributed by atoms with Crippen LogP contribution >= 0.6 is 11.3 Å². The van der Waals surface area contributed by atoms with Gasteiger partial charge in [0.15, 0.2) is 10.6 Å². The van der Waals surface area contributed by atoms with Crippen molar-refractivity contribution in [3.05, 3.63) is 69.7 Å². The van der Waals surface area contributed by atoms with E-state index in [1.165, 1.54) is 48.1 Å². The maximum Gasteiger partial charge on any atom is 0.337 e. The van der Waals surface area contributed by atoms with Gasteiger partial charge in [-0.25, -0.2) is 8.78 Å². The summed E-state index contributed by atoms with van der Waals surface area (Å²) in [5.74, 6) is 8.38. The molecule has 0 bridgehead atoms. The zero-order chi connectivity index (χ0) is 27.5. The van der Waals surface area contributed by atoms with Crippen molar-refractivity contribution < 1.29 is 32.7 Å². The molecule has 0 radical (unpaired) electrons. The lowest BCUT2D eigenvalue weighted by Crippen LogP contribution is -2.31. The van der Waals surface area contributed by atoms with Gasteiger partial charge in [-0.1, -0.05) is 28.7 Å². The van der Waals surface area contributed by atoms with Crippen molar-refractivity contribution >= 4 is 39.7 Å². The molecule has 1 fully saturated rings. The Labute approximate surface area is 226 Å². The molecule has 39 heavy (non-hydrogen) atoms. The predicted molar refractivity (Wildman–Crippen MR) is 135 cm³/mol. The molecule has 0 saturated heterocycles. The van der Waals surface area contributed by atoms with E-state index < -0.39 is 18.4 Å². The van der Waals surface area contributed by atoms with Gasteiger partial charge in [-0.2, -0.15) is 4.58 Å². The fraction of sp³-hybridized carbons (Fsp3) is 0.296. The largest absolute Gasteiger partial charge is 0.484 e. The van der Waals surface area contributed by atoms with Crippen LogP contribution in [0.25, 0.3) is 5.57 Å². The summed E-state index contributed by atoms with van der Waals surface area (Å²) in [5, 5.41) is 11.3. The van der Waals surface area contributed by atoms with E-state index >= 15 is 0 Å². The minimum Gasteiger partial charge on any atom is -0.484 e. The Kier molecular flexibility index (Phi) is 7.21. The van der Waals surface area contributed by atoms with Gasteiger partial charge in [0, 0.05) is 29.2 Å². The molecule has 2 aromatic heterocycles. The van der Waals surface area contributed by atoms with E-state index in [2.05, 4.69) is 55.9 Å². The lowest BCUT2D eigenvalue weighted by Gasteiger charge is -2.16. The maximum atomic E-state index is 13.8. The number of alkyl halides is 2. The molecular formula is C27H20F2N6O3S+2. The van der Waals surface area contributed by atoms with Crippen LogP contribution in [0.2, 0.25) is 0 Å². The molecule has 12 heteroatoms. The second kappa shape index (κ2) is 10.9. The highest BCUT2D eigenvalue weighted by molar-refractivity contribution is 7.15. The van der Waals surface area contributed by atoms with Gasteiger partial charge in [-0.15, -0.1) is 10.2 Å². The van der Waals surface area contributed by atoms with Gasteiger partial charge >= 0.3 is 18.3 Å². The summed E-state index contributed by atoms with van der Waals surface area (Å²) in [6.45, 7) is 0.0238. The topological polar surface area (TPSA) is 102 Å². The standard InChI is InChI=1S/C27H19F2N6O3S/c1-34-15-22(38-2)19(12-21(34)25(28)29)18-11-17(14-35-10-4-3-5-24(35)36)30-13-20(18)26(37)31-27-33-32-23(39-27)9-8-16-6-7-16/h5,10-12,16,21,25H,6-7,14H2,1-2H3/q+1/p+1. The number of carbonyl (C=O) groups is 2. The average Bonchev–Trinajstić information content (AvgIpc) is 3.65. The van der Waals surface area contributed by atoms with Crippen molar-refractivity contribution in [1.29, 1.82) is 0 Å². The molecule has 1 N–H and O–H groups in total. The van der Waals surface area contributed by atoms with Gasteiger partial charge in [0.2, 0.25) is 22.8 Å². The number of allylic oxidation sites excluding steroid dienone is 1. The molecule has 3 aliphatic rings. The van der Waals surface area contributed by atoms with Gasteiger partial charge in [0.1, 0.15) is 13.6 Å². The first-order valence-electron chi connectivity index (χ1n) is 11.8. The lowest BCUT2D eigenvalue weighted by atomic mass is 9.95. The summed E-state index contributed by atoms with van der Waals surface area (Å²) in [7, 11) is 2.83. The first-order chi connectivity index (χ1) is 18.8. The summed E-state index contributed by atoms with van der Waals surface area (Å²) < 4.78 is 34.3. The number of hydrogen-bond acceptors (Lipinski definition) is 6. The molecule has 4 heterocycles. The van der Waals surface area contributed by atoms with E-state index in [9.17, 15) is 18.4 Å². The lowest BCUT2D eigenvalue weighted by molar-refractivity contribution is -0.534. The van der Waals surface area contributed by atoms with Gasteiger partial charge < -0.3 is 4.74 Å². The molecule has 2 aliphatic heterocycles. The van der Waals surface area contributed by atoms with Crippen LogP contribution in [0.4, 0.5) is 13.9 Å². The number of anilines is 1. The third-order valence-electron chi connectivity index (χ3n) is 5.90. The molecular weight excluding hydrogens is 526 g/mol. The maximum absolute atomic E-state index is 13.8. The molecule has 194 valence electrons. The number of carbonyl (C=O) groups excluding carboxylic acids is 2. The monoisotopic (exact) mass is 546 g/mol. The van der Waals surface area contributed by atoms with Crippen LogP contribution in [0.3, 0.4) is 0 Å². The summed E-state index contributed by atoms with van der Waals surface area (Å²) in [6.07, 6.45) is 6.07. The van der Waals surface area contributed by atoms with Crippen LogP contribution in [0, 0.1) is 24.0 Å². The highest BCUT2D eigenvalue weighted by atomic mass is 32.1. The number of likely N-dealkylation sites (N-methyl/N-ethyl adjacent to an activating group) is 1. The molecule has 2 aromatic rings. The van der Waals surface area contributed by atoms with Gasteiger partial charge in [-0.05, 0) is 23.7 Å². The Morgan fingerprint density at radius 2 is 2.21 bits per heavy atom. The zero-order valence-corrected chi connectivity index (χ0v) is 21.6. The Bertz CT molecular complexity index is 1630. The van der Waals surface area contributed by atoms with E-state index in [0.29, 0.717) is 16.6 Å². The van der Waals surface area contributed by atoms with E-state index in [1.807, 2.05) is 0 Å². The van der Waals surface area contributed by atoms with E-state index in [0.717, 1.165) is 24.2 Å². The second-order valence-electron chi connectivity index (χ2n) is 8.75. The average molecular weight is 547 g/mol. The highest BCUT2D eigenvalue weighted by Gasteiger charge is 2.35. The summed E-state index contributed by atoms with van der Waals surface area (Å²) in [4.78, 5) is 31.1. The van der Waals surface area contributed by atoms with E-state index in [1.54, 1.807) is 0 Å². The number of nitrogens with one attached hydrogen (secondary N) is 1. The first kappa shape index (κ1) is 25.8. The second-order valence-corrected chi connectivity index (χ2v) is 9.73. The van der Waals surface area contributed by atoms with Gasteiger partial charge in [-0.3, -0.25) is 19.8 Å². The van der Waals surface area contributed by atoms with Crippen molar-refractivity contribution in [3.8, 4) is 11.8 Å². The van der Waals surface area contributed by atoms with Crippen molar-refractivity contribution in [2.45, 2.75) is 31.9 Å². The van der Waals surface area contributed by atoms with E-state index in [4.69, 9.17) is 4.74 Å². The number of nitrogens with zero attached hydrogens (tertiary/aromatic N) is 5. The molecule has 2 amide bonds. The minimum atomic E-state index is -2.73. The fourth-order valence-corrected chi connectivity index (χ4v) is 4.33. The molecule has 1 aliphatic carbocycles. The SMILES string of the molecule is COC1=C=[N+](C)C(C(F)F)C=C1c1cc(CN2C=C=C=CC2=O)[n+]#cc1C(=O)Nc1nnc(C#CC2CC2)s1. The molecule has 0 spiro atoms. The number of ether oxygens (including phenoxy) is 1. The number of methoxy groups -OCH3 is 1. The molecule has 1 saturated carbocycles. The normalized spacial score (nSPS) is 17.7. The molecule has 1 unspecified atom stereocenters. The molecule has 1 atom stereocenters. The summed E-state index contributed by atoms with van der Waals surface area (Å²) in [6, 6.07) is 0.214. The smallest absolute Gasteiger partial charge is 0.337 e. The van der Waals surface area contributed by atoms with Crippen molar-refractivity contribution in [3.63, 3.8) is 0 Å². The first-order valence-corrected chi connectivity index (χ1v) is 12.6. The van der Waals surface area contributed by atoms with Crippen molar-refractivity contribution in [2.24, 2.45) is 5.92 Å². The van der Waals surface area contributed by atoms with Crippen LogP contribution in [0.5, 0.6) is 0 Å². The molecule has 9 nitrogen and oxygen atoms in total. The van der Waals surface area contributed by atoms with Crippen molar-refractivity contribution in [2.75, 3.05) is 19.5 Å². The van der Waals surface area contributed by atoms with Crippen LogP contribution in [0.1, 0.15) is 39.5 Å². The zero-order valence-electron chi connectivity index (χ0n) is 20.8. The van der Waals surface area contributed by atoms with Crippen LogP contribution in [-0.4, -0.2) is 64.0 Å². The third kappa shape index (κ3) is 5.86. The van der Waals surface area contributed by atoms with Crippen LogP contribution in [-0.2, 0) is 16.1 Å². The summed E-state index contributed by atoms with van der Waals surface area (Å²) in [5.41, 5.74) is 6.01. The van der Waals surface area contributed by atoms with Gasteiger partial charge in [0.25, 0.3) is 11.8 Å². The number of amides is 2. The number of rotatable bonds is 7. The van der Waals surface area contributed by atoms with Gasteiger partial charge in [0.05, 0.1) is 19.4 Å². The van der Waals surface area contributed by atoms with E-state index in [-0.39, 0.29) is 40.0 Å². The fourth-order valence-electron chi connectivity index (χ4n) is 3.73. The van der Waals surface area contributed by atoms with Crippen LogP contribution in [0.15, 0.2) is 41.6 Å². The Morgan fingerprint density at radius 1 is 1.38 bits per heavy atom. The molecule has 0 aromatic carbocycles. The Hall–Kier alpha value is -4.82. The van der Waals surface area contributed by atoms with Crippen molar-refractivity contribution in [1.82, 2.24) is 15.1 Å². The number of aromatic nitrogens is 3. The Balaban J connectivity index is 1.51.